The monoisotopic (exact) mass is 1060 g/mol. The van der Waals surface area contributed by atoms with Gasteiger partial charge in [-0.15, -0.1) is 0 Å². The van der Waals surface area contributed by atoms with E-state index in [1.54, 1.807) is 6.92 Å². The summed E-state index contributed by atoms with van der Waals surface area (Å²) in [6.07, 6.45) is -24.4. The van der Waals surface area contributed by atoms with Crippen LogP contribution in [0.25, 0.3) is 0 Å². The van der Waals surface area contributed by atoms with Crippen molar-refractivity contribution in [3.63, 3.8) is 0 Å². The minimum Gasteiger partial charge on any atom is -0.481 e. The fourth-order valence-electron chi connectivity index (χ4n) is 16.0. The van der Waals surface area contributed by atoms with Crippen LogP contribution in [0, 0.1) is 45.3 Å². The van der Waals surface area contributed by atoms with Gasteiger partial charge in [-0.1, -0.05) is 44.6 Å². The minimum absolute atomic E-state index is 0.0971. The Morgan fingerprint density at radius 2 is 1.28 bits per heavy atom. The van der Waals surface area contributed by atoms with Gasteiger partial charge in [0, 0.05) is 5.92 Å². The Morgan fingerprint density at radius 1 is 0.662 bits per heavy atom. The van der Waals surface area contributed by atoms with Gasteiger partial charge in [0.05, 0.1) is 43.0 Å². The van der Waals surface area contributed by atoms with Crippen molar-refractivity contribution in [3.05, 3.63) is 23.8 Å². The Kier molecular flexibility index (Phi) is 15.9. The smallest absolute Gasteiger partial charge is 0.310 e. The van der Waals surface area contributed by atoms with Gasteiger partial charge in [-0.05, 0) is 113 Å². The maximum Gasteiger partial charge on any atom is 0.310 e. The van der Waals surface area contributed by atoms with Crippen LogP contribution in [0.1, 0.15) is 99.3 Å². The number of carboxylic acid groups (broad SMARTS) is 1. The van der Waals surface area contributed by atoms with E-state index in [-0.39, 0.29) is 46.5 Å². The van der Waals surface area contributed by atoms with Crippen LogP contribution < -0.4 is 0 Å². The average molecular weight is 1060 g/mol. The van der Waals surface area contributed by atoms with Gasteiger partial charge < -0.3 is 104 Å². The van der Waals surface area contributed by atoms with E-state index in [9.17, 15) is 71.2 Å². The van der Waals surface area contributed by atoms with E-state index in [0.717, 1.165) is 31.3 Å². The molecule has 422 valence electrons. The molecule has 0 aromatic rings. The van der Waals surface area contributed by atoms with Gasteiger partial charge in [0.1, 0.15) is 85.5 Å². The number of carboxylic acids is 1. The summed E-state index contributed by atoms with van der Waals surface area (Å²) < 4.78 is 47.4. The molecular weight excluding hydrogens is 977 g/mol. The summed E-state index contributed by atoms with van der Waals surface area (Å²) in [5.41, 5.74) is -0.787. The highest BCUT2D eigenvalue weighted by molar-refractivity contribution is 5.77. The SMILES string of the molecule is C=C(C)[C@@H]1CC[C@]2(C(=O)O)CC[C@]3(C)C(=CC[C@H]4[C@@]5(C)CC[C@H](O[C@@H]6OC[C@H](O)[C@@H](O)[C@@H]6O[C@@H]6O[C@@H](C)[C@H](O)[C@@H](O[C@@H]7O[C@@H](CO)[C@@H](O[C@@H]8O[C@H](CO)[C@@H](O)[C@@H](O)[C@H]8O)[C@@H](O)[C@@H]7O)[C@@H]6O)[C@@](C)(O)[C@@H]5CC[C@]43C)[C@@H]12. The van der Waals surface area contributed by atoms with Crippen LogP contribution in [-0.4, -0.2) is 221 Å². The largest absolute Gasteiger partial charge is 0.481 e. The molecule has 22 nitrogen and oxygen atoms in total. The Morgan fingerprint density at radius 3 is 1.93 bits per heavy atom. The highest BCUT2D eigenvalue weighted by atomic mass is 16.8. The maximum atomic E-state index is 13.1. The third kappa shape index (κ3) is 8.90. The van der Waals surface area contributed by atoms with Gasteiger partial charge in [-0.3, -0.25) is 4.79 Å². The molecule has 9 aliphatic rings. The molecule has 9 rings (SSSR count). The molecule has 0 spiro atoms. The number of aliphatic carboxylic acids is 1. The van der Waals surface area contributed by atoms with Crippen molar-refractivity contribution in [2.75, 3.05) is 19.8 Å². The molecule has 5 aliphatic carbocycles. The summed E-state index contributed by atoms with van der Waals surface area (Å²) in [4.78, 5) is 13.1. The fraction of sp³-hybridized carbons (Fsp3) is 0.904. The fourth-order valence-corrected chi connectivity index (χ4v) is 16.0. The van der Waals surface area contributed by atoms with Crippen molar-refractivity contribution in [1.82, 2.24) is 0 Å². The second kappa shape index (κ2) is 20.7. The molecule has 22 heteroatoms. The average Bonchev–Trinajstić information content (AvgIpc) is 3.79. The molecule has 13 N–H and O–H groups in total. The third-order valence-electron chi connectivity index (χ3n) is 20.5. The van der Waals surface area contributed by atoms with Crippen LogP contribution in [-0.2, 0) is 42.7 Å². The van der Waals surface area contributed by atoms with Crippen LogP contribution >= 0.6 is 0 Å². The molecule has 29 atom stereocenters. The molecule has 4 saturated heterocycles. The molecule has 0 amide bonds. The van der Waals surface area contributed by atoms with Crippen molar-refractivity contribution in [2.45, 2.75) is 228 Å². The van der Waals surface area contributed by atoms with Crippen molar-refractivity contribution < 1.29 is 109 Å². The molecule has 0 bridgehead atoms. The van der Waals surface area contributed by atoms with E-state index < -0.39 is 153 Å². The van der Waals surface area contributed by atoms with Crippen molar-refractivity contribution in [2.24, 2.45) is 45.3 Å². The highest BCUT2D eigenvalue weighted by Gasteiger charge is 2.71. The molecular formula is C52H82O22. The second-order valence-electron chi connectivity index (χ2n) is 24.3. The maximum absolute atomic E-state index is 13.1. The number of carbonyl (C=O) groups is 1. The normalized spacial score (nSPS) is 55.5. The molecule has 4 saturated carbocycles. The summed E-state index contributed by atoms with van der Waals surface area (Å²) >= 11 is 0. The van der Waals surface area contributed by atoms with Crippen LogP contribution in [0.4, 0.5) is 0 Å². The molecule has 0 aromatic heterocycles. The zero-order valence-corrected chi connectivity index (χ0v) is 43.1. The predicted molar refractivity (Wildman–Crippen MR) is 253 cm³/mol. The Bertz CT molecular complexity index is 2070. The highest BCUT2D eigenvalue weighted by Crippen LogP contribution is 2.76. The first-order chi connectivity index (χ1) is 34.7. The predicted octanol–water partition coefficient (Wildman–Crippen LogP) is -1.30. The first-order valence-corrected chi connectivity index (χ1v) is 26.6. The van der Waals surface area contributed by atoms with E-state index in [1.807, 2.05) is 6.92 Å². The molecule has 0 unspecified atom stereocenters. The van der Waals surface area contributed by atoms with Crippen LogP contribution in [0.2, 0.25) is 0 Å². The van der Waals surface area contributed by atoms with E-state index in [2.05, 4.69) is 33.4 Å². The lowest BCUT2D eigenvalue weighted by Crippen LogP contribution is -2.68. The van der Waals surface area contributed by atoms with Crippen molar-refractivity contribution in [1.29, 1.82) is 0 Å². The summed E-state index contributed by atoms with van der Waals surface area (Å²) in [7, 11) is 0. The number of rotatable bonds is 12. The summed E-state index contributed by atoms with van der Waals surface area (Å²) in [5, 5.41) is 142. The molecule has 0 radical (unpaired) electrons. The zero-order valence-electron chi connectivity index (χ0n) is 43.1. The lowest BCUT2D eigenvalue weighted by molar-refractivity contribution is -0.391. The van der Waals surface area contributed by atoms with E-state index >= 15 is 0 Å². The first kappa shape index (κ1) is 56.9. The third-order valence-corrected chi connectivity index (χ3v) is 20.5. The molecule has 74 heavy (non-hydrogen) atoms. The summed E-state index contributed by atoms with van der Waals surface area (Å²) in [5.74, 6) is -0.834. The van der Waals surface area contributed by atoms with Crippen LogP contribution in [0.15, 0.2) is 23.8 Å². The zero-order chi connectivity index (χ0) is 53.9. The number of ether oxygens (including phenoxy) is 8. The minimum atomic E-state index is -2.02. The summed E-state index contributed by atoms with van der Waals surface area (Å²) in [6.45, 7) is 14.5. The van der Waals surface area contributed by atoms with Gasteiger partial charge in [0.2, 0.25) is 0 Å². The van der Waals surface area contributed by atoms with Crippen LogP contribution in [0.3, 0.4) is 0 Å². The Hall–Kier alpha value is -1.85. The van der Waals surface area contributed by atoms with Crippen LogP contribution in [0.5, 0.6) is 0 Å². The standard InChI is InChI=1S/C52H82O22/c1-21(2)23-10-15-52(47(64)65)17-16-49(5)24(31(23)52)8-9-28-48(4)13-12-30(51(7,66)29(48)11-14-50(28,49)6)71-46-42(33(57)25(55)20-67-46)74-45-39(63)41(32(56)22(3)68-45)73-44-38(62)36(60)40(27(19-54)70-44)72-43-37(61)35(59)34(58)26(18-53)69-43/h8,22-23,25-46,53-63,66H,1,9-20H2,2-7H3,(H,64,65)/t22-,23-,25-,26+,27-,28-,29+,30-,31+,32-,33+,34+,35+,36-,37+,38-,39-,40+,41+,42-,43-,44-,45-,46-,48+,49+,50+,51-,52-/m0/s1. The van der Waals surface area contributed by atoms with Gasteiger partial charge >= 0.3 is 5.97 Å². The van der Waals surface area contributed by atoms with E-state index in [4.69, 9.17) is 37.9 Å². The van der Waals surface area contributed by atoms with Crippen molar-refractivity contribution in [3.8, 4) is 0 Å². The Balaban J connectivity index is 0.890. The quantitative estimate of drug-likeness (QED) is 0.0798. The molecule has 4 aliphatic heterocycles. The lowest BCUT2D eigenvalue weighted by atomic mass is 9.35. The number of aliphatic hydroxyl groups is 12. The lowest BCUT2D eigenvalue weighted by Gasteiger charge is -2.70. The van der Waals surface area contributed by atoms with Gasteiger partial charge in [-0.2, -0.15) is 0 Å². The van der Waals surface area contributed by atoms with Crippen molar-refractivity contribution >= 4 is 5.97 Å². The van der Waals surface area contributed by atoms with E-state index in [0.29, 0.717) is 32.1 Å². The number of allylic oxidation sites excluding steroid dienone is 3. The molecule has 4 heterocycles. The summed E-state index contributed by atoms with van der Waals surface area (Å²) in [6, 6.07) is 0. The van der Waals surface area contributed by atoms with E-state index in [1.165, 1.54) is 12.5 Å². The Labute approximate surface area is 430 Å². The first-order valence-electron chi connectivity index (χ1n) is 26.6. The van der Waals surface area contributed by atoms with Gasteiger partial charge in [0.15, 0.2) is 25.2 Å². The number of hydrogen-bond donors (Lipinski definition) is 13. The molecule has 0 aromatic carbocycles. The number of fused-ring (bicyclic) bond motifs is 7. The topological polar surface area (TPSA) is 354 Å². The molecule has 8 fully saturated rings. The number of aliphatic hydroxyl groups excluding tert-OH is 11. The number of hydrogen-bond acceptors (Lipinski definition) is 21. The van der Waals surface area contributed by atoms with Gasteiger partial charge in [0.25, 0.3) is 0 Å². The second-order valence-corrected chi connectivity index (χ2v) is 24.3. The van der Waals surface area contributed by atoms with Gasteiger partial charge in [-0.25, -0.2) is 0 Å².